The Morgan fingerprint density at radius 1 is 1.53 bits per heavy atom. The summed E-state index contributed by atoms with van der Waals surface area (Å²) in [5.41, 5.74) is 0. The van der Waals surface area contributed by atoms with Crippen LogP contribution in [0.3, 0.4) is 0 Å². The number of hydrogen-bond donors (Lipinski definition) is 2. The first kappa shape index (κ1) is 12.5. The van der Waals surface area contributed by atoms with Gasteiger partial charge in [-0.2, -0.15) is 0 Å². The summed E-state index contributed by atoms with van der Waals surface area (Å²) in [6.07, 6.45) is 6.16. The van der Waals surface area contributed by atoms with Gasteiger partial charge in [0.05, 0.1) is 11.4 Å². The van der Waals surface area contributed by atoms with Crippen molar-refractivity contribution in [1.29, 1.82) is 0 Å². The molecule has 2 N–H and O–H groups in total. The van der Waals surface area contributed by atoms with Crippen LogP contribution in [0.15, 0.2) is 6.20 Å². The molecule has 2 rings (SSSR count). The number of nitrogens with one attached hydrogen (secondary N) is 1. The molecule has 1 aromatic rings. The number of nitrogens with zero attached hydrogens (tertiary/aromatic N) is 1. The zero-order valence-corrected chi connectivity index (χ0v) is 10.6. The summed E-state index contributed by atoms with van der Waals surface area (Å²) in [6, 6.07) is 0. The quantitative estimate of drug-likeness (QED) is 0.839. The lowest BCUT2D eigenvalue weighted by Gasteiger charge is -2.21. The molecular weight excluding hydrogens is 236 g/mol. The van der Waals surface area contributed by atoms with Gasteiger partial charge in [-0.05, 0) is 38.3 Å². The predicted octanol–water partition coefficient (Wildman–Crippen LogP) is 1.70. The number of carbonyl (C=O) groups is 1. The van der Waals surface area contributed by atoms with E-state index in [-0.39, 0.29) is 6.42 Å². The Kier molecular flexibility index (Phi) is 4.50. The molecule has 4 nitrogen and oxygen atoms in total. The van der Waals surface area contributed by atoms with Crippen LogP contribution in [0.25, 0.3) is 0 Å². The molecule has 1 saturated heterocycles. The lowest BCUT2D eigenvalue weighted by molar-refractivity contribution is -0.136. The van der Waals surface area contributed by atoms with Crippen LogP contribution < -0.4 is 5.32 Å². The van der Waals surface area contributed by atoms with Gasteiger partial charge < -0.3 is 10.4 Å². The Morgan fingerprint density at radius 2 is 2.29 bits per heavy atom. The third-order valence-corrected chi connectivity index (χ3v) is 4.19. The van der Waals surface area contributed by atoms with Crippen molar-refractivity contribution in [1.82, 2.24) is 10.3 Å². The minimum absolute atomic E-state index is 0.203. The van der Waals surface area contributed by atoms with E-state index in [1.165, 1.54) is 12.8 Å². The maximum atomic E-state index is 10.5. The molecule has 0 radical (unpaired) electrons. The summed E-state index contributed by atoms with van der Waals surface area (Å²) >= 11 is 1.67. The second-order valence-corrected chi connectivity index (χ2v) is 5.71. The molecule has 1 aliphatic rings. The molecule has 1 aromatic heterocycles. The number of aliphatic carboxylic acids is 1. The largest absolute Gasteiger partial charge is 0.481 e. The standard InChI is InChI=1S/C12H18N2O2S/c15-12(16)2-1-10-8-14-11(17-10)7-9-3-5-13-6-4-9/h8-9,13H,1-7H2,(H,15,16). The maximum Gasteiger partial charge on any atom is 0.303 e. The average Bonchev–Trinajstić information content (AvgIpc) is 2.75. The zero-order valence-electron chi connectivity index (χ0n) is 9.82. The van der Waals surface area contributed by atoms with Crippen molar-refractivity contribution >= 4 is 17.3 Å². The van der Waals surface area contributed by atoms with Crippen LogP contribution in [-0.2, 0) is 17.6 Å². The highest BCUT2D eigenvalue weighted by Gasteiger charge is 2.15. The van der Waals surface area contributed by atoms with Crippen LogP contribution in [0, 0.1) is 5.92 Å². The van der Waals surface area contributed by atoms with E-state index in [4.69, 9.17) is 5.11 Å². The number of rotatable bonds is 5. The fourth-order valence-corrected chi connectivity index (χ4v) is 3.16. The summed E-state index contributed by atoms with van der Waals surface area (Å²) < 4.78 is 0. The molecule has 94 valence electrons. The van der Waals surface area contributed by atoms with Crippen molar-refractivity contribution in [2.24, 2.45) is 5.92 Å². The molecule has 2 heterocycles. The monoisotopic (exact) mass is 254 g/mol. The van der Waals surface area contributed by atoms with Crippen LogP contribution in [-0.4, -0.2) is 29.1 Å². The van der Waals surface area contributed by atoms with Crippen molar-refractivity contribution in [2.75, 3.05) is 13.1 Å². The third kappa shape index (κ3) is 4.09. The van der Waals surface area contributed by atoms with Crippen molar-refractivity contribution in [3.8, 4) is 0 Å². The van der Waals surface area contributed by atoms with Crippen LogP contribution in [0.4, 0.5) is 0 Å². The lowest BCUT2D eigenvalue weighted by Crippen LogP contribution is -2.28. The van der Waals surface area contributed by atoms with Gasteiger partial charge in [0.25, 0.3) is 0 Å². The number of aromatic nitrogens is 1. The number of aryl methyl sites for hydroxylation is 1. The zero-order chi connectivity index (χ0) is 12.1. The first-order chi connectivity index (χ1) is 8.24. The Bertz CT molecular complexity index is 372. The fraction of sp³-hybridized carbons (Fsp3) is 0.667. The molecule has 0 amide bonds. The summed E-state index contributed by atoms with van der Waals surface area (Å²) in [5.74, 6) is 0.00743. The Labute approximate surface area is 105 Å². The van der Waals surface area contributed by atoms with E-state index >= 15 is 0 Å². The van der Waals surface area contributed by atoms with E-state index in [2.05, 4.69) is 10.3 Å². The fourth-order valence-electron chi connectivity index (χ4n) is 2.12. The van der Waals surface area contributed by atoms with E-state index in [1.807, 2.05) is 6.20 Å². The number of hydrogen-bond acceptors (Lipinski definition) is 4. The molecule has 0 aromatic carbocycles. The van der Waals surface area contributed by atoms with E-state index in [0.29, 0.717) is 6.42 Å². The first-order valence-corrected chi connectivity index (χ1v) is 6.92. The Morgan fingerprint density at radius 3 is 3.00 bits per heavy atom. The van der Waals surface area contributed by atoms with Crippen LogP contribution >= 0.6 is 11.3 Å². The second-order valence-electron chi connectivity index (χ2n) is 4.51. The molecule has 1 aliphatic heterocycles. The number of carboxylic acid groups (broad SMARTS) is 1. The molecule has 0 spiro atoms. The van der Waals surface area contributed by atoms with Gasteiger partial charge in [0.15, 0.2) is 0 Å². The van der Waals surface area contributed by atoms with Gasteiger partial charge in [-0.1, -0.05) is 0 Å². The van der Waals surface area contributed by atoms with Gasteiger partial charge in [-0.3, -0.25) is 4.79 Å². The number of piperidine rings is 1. The highest BCUT2D eigenvalue weighted by Crippen LogP contribution is 2.22. The summed E-state index contributed by atoms with van der Waals surface area (Å²) in [4.78, 5) is 16.0. The van der Waals surface area contributed by atoms with Gasteiger partial charge in [0, 0.05) is 17.5 Å². The minimum atomic E-state index is -0.738. The van der Waals surface area contributed by atoms with Crippen molar-refractivity contribution in [2.45, 2.75) is 32.1 Å². The predicted molar refractivity (Wildman–Crippen MR) is 67.4 cm³/mol. The van der Waals surface area contributed by atoms with E-state index in [9.17, 15) is 4.79 Å². The Hall–Kier alpha value is -0.940. The van der Waals surface area contributed by atoms with Crippen LogP contribution in [0.2, 0.25) is 0 Å². The van der Waals surface area contributed by atoms with Gasteiger partial charge in [0.1, 0.15) is 0 Å². The SMILES string of the molecule is O=C(O)CCc1cnc(CC2CCNCC2)s1. The number of thiazole rings is 1. The number of carboxylic acids is 1. The molecule has 0 aliphatic carbocycles. The molecule has 5 heteroatoms. The molecule has 0 saturated carbocycles. The molecule has 0 atom stereocenters. The Balaban J connectivity index is 1.82. The summed E-state index contributed by atoms with van der Waals surface area (Å²) in [5, 5.41) is 13.1. The summed E-state index contributed by atoms with van der Waals surface area (Å²) in [7, 11) is 0. The van der Waals surface area contributed by atoms with Crippen LogP contribution in [0.5, 0.6) is 0 Å². The van der Waals surface area contributed by atoms with Crippen molar-refractivity contribution in [3.63, 3.8) is 0 Å². The topological polar surface area (TPSA) is 62.2 Å². The van der Waals surface area contributed by atoms with Gasteiger partial charge in [0.2, 0.25) is 0 Å². The van der Waals surface area contributed by atoms with Crippen molar-refractivity contribution < 1.29 is 9.90 Å². The first-order valence-electron chi connectivity index (χ1n) is 6.10. The van der Waals surface area contributed by atoms with Gasteiger partial charge >= 0.3 is 5.97 Å². The van der Waals surface area contributed by atoms with Crippen LogP contribution in [0.1, 0.15) is 29.1 Å². The smallest absolute Gasteiger partial charge is 0.303 e. The normalized spacial score (nSPS) is 17.2. The average molecular weight is 254 g/mol. The highest BCUT2D eigenvalue weighted by molar-refractivity contribution is 7.11. The van der Waals surface area contributed by atoms with Crippen molar-refractivity contribution in [3.05, 3.63) is 16.1 Å². The molecular formula is C12H18N2O2S. The van der Waals surface area contributed by atoms with Gasteiger partial charge in [-0.15, -0.1) is 11.3 Å². The molecule has 0 unspecified atom stereocenters. The molecule has 1 fully saturated rings. The van der Waals surface area contributed by atoms with E-state index in [0.717, 1.165) is 35.3 Å². The maximum absolute atomic E-state index is 10.5. The summed E-state index contributed by atoms with van der Waals surface area (Å²) in [6.45, 7) is 2.23. The minimum Gasteiger partial charge on any atom is -0.481 e. The van der Waals surface area contributed by atoms with Gasteiger partial charge in [-0.25, -0.2) is 4.98 Å². The van der Waals surface area contributed by atoms with E-state index in [1.54, 1.807) is 11.3 Å². The highest BCUT2D eigenvalue weighted by atomic mass is 32.1. The van der Waals surface area contributed by atoms with E-state index < -0.39 is 5.97 Å². The molecule has 17 heavy (non-hydrogen) atoms. The third-order valence-electron chi connectivity index (χ3n) is 3.11. The lowest BCUT2D eigenvalue weighted by atomic mass is 9.95. The molecule has 0 bridgehead atoms. The second kappa shape index (κ2) is 6.12.